The van der Waals surface area contributed by atoms with Gasteiger partial charge < -0.3 is 0 Å². The number of halogens is 1. The highest BCUT2D eigenvalue weighted by molar-refractivity contribution is 7.81. The van der Waals surface area contributed by atoms with Crippen LogP contribution < -0.4 is 0 Å². The van der Waals surface area contributed by atoms with Crippen molar-refractivity contribution in [3.63, 3.8) is 0 Å². The summed E-state index contributed by atoms with van der Waals surface area (Å²) in [5, 5.41) is 0.576. The second-order valence-electron chi connectivity index (χ2n) is 4.02. The molecule has 0 saturated carbocycles. The zero-order valence-electron chi connectivity index (χ0n) is 8.80. The average Bonchev–Trinajstić information content (AvgIpc) is 2.19. The van der Waals surface area contributed by atoms with E-state index in [0.717, 1.165) is 13.1 Å². The van der Waals surface area contributed by atoms with Gasteiger partial charge in [0.15, 0.2) is 0 Å². The Morgan fingerprint density at radius 2 is 2.00 bits per heavy atom. The summed E-state index contributed by atoms with van der Waals surface area (Å²) in [5.41, 5.74) is 1.41. The van der Waals surface area contributed by atoms with Crippen molar-refractivity contribution >= 4 is 25.0 Å². The Kier molecular flexibility index (Phi) is 5.51. The molecule has 1 unspecified atom stereocenters. The third-order valence-electron chi connectivity index (χ3n) is 2.73. The van der Waals surface area contributed by atoms with E-state index >= 15 is 0 Å². The summed E-state index contributed by atoms with van der Waals surface area (Å²) >= 11 is 4.55. The maximum atomic E-state index is 4.55. The first-order chi connectivity index (χ1) is 6.84. The molecule has 1 atom stereocenters. The lowest BCUT2D eigenvalue weighted by Crippen LogP contribution is -2.35. The summed E-state index contributed by atoms with van der Waals surface area (Å²) < 4.78 is 0. The third kappa shape index (κ3) is 4.06. The van der Waals surface area contributed by atoms with E-state index in [1.807, 2.05) is 0 Å². The quantitative estimate of drug-likeness (QED) is 0.782. The molecule has 0 bridgehead atoms. The number of hydrogen-bond donors (Lipinski definition) is 1. The smallest absolute Gasteiger partial charge is 0.0234 e. The van der Waals surface area contributed by atoms with Crippen molar-refractivity contribution in [3.8, 4) is 0 Å². The van der Waals surface area contributed by atoms with E-state index in [1.54, 1.807) is 0 Å². The molecule has 1 aliphatic heterocycles. The second-order valence-corrected chi connectivity index (χ2v) is 4.75. The minimum Gasteiger partial charge on any atom is -0.298 e. The van der Waals surface area contributed by atoms with Crippen molar-refractivity contribution < 1.29 is 0 Å². The van der Waals surface area contributed by atoms with E-state index < -0.39 is 0 Å². The molecule has 0 N–H and O–H groups in total. The van der Waals surface area contributed by atoms with Gasteiger partial charge in [-0.2, -0.15) is 12.6 Å². The van der Waals surface area contributed by atoms with Crippen LogP contribution in [0.2, 0.25) is 0 Å². The minimum atomic E-state index is 0. The molecule has 0 radical (unpaired) electrons. The summed E-state index contributed by atoms with van der Waals surface area (Å²) in [6.45, 7) is 3.45. The van der Waals surface area contributed by atoms with Crippen molar-refractivity contribution in [3.05, 3.63) is 35.9 Å². The molecule has 1 nitrogen and oxygen atoms in total. The van der Waals surface area contributed by atoms with Crippen molar-refractivity contribution in [2.24, 2.45) is 0 Å². The fourth-order valence-corrected chi connectivity index (χ4v) is 2.43. The molecule has 15 heavy (non-hydrogen) atoms. The van der Waals surface area contributed by atoms with Gasteiger partial charge in [0.05, 0.1) is 0 Å². The molecular formula is C12H18ClNS. The van der Waals surface area contributed by atoms with E-state index in [4.69, 9.17) is 0 Å². The Morgan fingerprint density at radius 3 is 2.67 bits per heavy atom. The van der Waals surface area contributed by atoms with Gasteiger partial charge in [-0.15, -0.1) is 12.4 Å². The van der Waals surface area contributed by atoms with Gasteiger partial charge >= 0.3 is 0 Å². The Balaban J connectivity index is 0.00000112. The summed E-state index contributed by atoms with van der Waals surface area (Å²) in [4.78, 5) is 2.50. The highest BCUT2D eigenvalue weighted by Gasteiger charge is 2.16. The maximum Gasteiger partial charge on any atom is 0.0234 e. The monoisotopic (exact) mass is 243 g/mol. The van der Waals surface area contributed by atoms with Crippen LogP contribution in [0.3, 0.4) is 0 Å². The number of nitrogens with zero attached hydrogens (tertiary/aromatic N) is 1. The Bertz CT molecular complexity index is 278. The number of benzene rings is 1. The van der Waals surface area contributed by atoms with Gasteiger partial charge in [0.1, 0.15) is 0 Å². The molecule has 3 heteroatoms. The van der Waals surface area contributed by atoms with Gasteiger partial charge in [0.2, 0.25) is 0 Å². The predicted molar refractivity (Wildman–Crippen MR) is 71.0 cm³/mol. The van der Waals surface area contributed by atoms with Gasteiger partial charge in [-0.05, 0) is 24.9 Å². The van der Waals surface area contributed by atoms with Crippen molar-refractivity contribution in [1.82, 2.24) is 4.90 Å². The zero-order valence-corrected chi connectivity index (χ0v) is 10.5. The van der Waals surface area contributed by atoms with E-state index in [-0.39, 0.29) is 12.4 Å². The Morgan fingerprint density at radius 1 is 1.27 bits per heavy atom. The van der Waals surface area contributed by atoms with Gasteiger partial charge in [-0.25, -0.2) is 0 Å². The van der Waals surface area contributed by atoms with Crippen LogP contribution in [0.5, 0.6) is 0 Å². The van der Waals surface area contributed by atoms with Gasteiger partial charge in [-0.1, -0.05) is 30.3 Å². The SMILES string of the molecule is Cl.SC1CCCN(Cc2ccccc2)C1. The van der Waals surface area contributed by atoms with Gasteiger partial charge in [0, 0.05) is 18.3 Å². The molecular weight excluding hydrogens is 226 g/mol. The number of hydrogen-bond acceptors (Lipinski definition) is 2. The molecule has 84 valence electrons. The molecule has 1 aliphatic rings. The van der Waals surface area contributed by atoms with E-state index in [2.05, 4.69) is 47.9 Å². The third-order valence-corrected chi connectivity index (χ3v) is 3.15. The van der Waals surface area contributed by atoms with Crippen molar-refractivity contribution in [1.29, 1.82) is 0 Å². The lowest BCUT2D eigenvalue weighted by atomic mass is 10.1. The summed E-state index contributed by atoms with van der Waals surface area (Å²) in [6.07, 6.45) is 2.56. The minimum absolute atomic E-state index is 0. The molecule has 2 rings (SSSR count). The zero-order chi connectivity index (χ0) is 9.80. The number of piperidine rings is 1. The number of likely N-dealkylation sites (tertiary alicyclic amines) is 1. The first kappa shape index (κ1) is 12.9. The number of rotatable bonds is 2. The summed E-state index contributed by atoms with van der Waals surface area (Å²) in [6, 6.07) is 10.7. The molecule has 1 aromatic rings. The lowest BCUT2D eigenvalue weighted by molar-refractivity contribution is 0.226. The molecule has 1 aromatic carbocycles. The van der Waals surface area contributed by atoms with Crippen LogP contribution in [0.25, 0.3) is 0 Å². The second kappa shape index (κ2) is 6.41. The van der Waals surface area contributed by atoms with E-state index in [1.165, 1.54) is 24.9 Å². The maximum absolute atomic E-state index is 4.55. The van der Waals surface area contributed by atoms with E-state index in [9.17, 15) is 0 Å². The Hall–Kier alpha value is -0.180. The number of thiol groups is 1. The predicted octanol–water partition coefficient (Wildman–Crippen LogP) is 3.00. The largest absolute Gasteiger partial charge is 0.298 e. The van der Waals surface area contributed by atoms with Crippen LogP contribution in [0.4, 0.5) is 0 Å². The van der Waals surface area contributed by atoms with Crippen LogP contribution in [-0.4, -0.2) is 23.2 Å². The fourth-order valence-electron chi connectivity index (χ4n) is 2.02. The van der Waals surface area contributed by atoms with Crippen LogP contribution in [-0.2, 0) is 6.54 Å². The molecule has 1 fully saturated rings. The van der Waals surface area contributed by atoms with Gasteiger partial charge in [-0.3, -0.25) is 4.90 Å². The topological polar surface area (TPSA) is 3.24 Å². The fraction of sp³-hybridized carbons (Fsp3) is 0.500. The van der Waals surface area contributed by atoms with Crippen LogP contribution in [0, 0.1) is 0 Å². The van der Waals surface area contributed by atoms with Crippen molar-refractivity contribution in [2.45, 2.75) is 24.6 Å². The highest BCUT2D eigenvalue weighted by Crippen LogP contribution is 2.16. The first-order valence-electron chi connectivity index (χ1n) is 5.29. The van der Waals surface area contributed by atoms with E-state index in [0.29, 0.717) is 5.25 Å². The Labute approximate surface area is 104 Å². The van der Waals surface area contributed by atoms with Gasteiger partial charge in [0.25, 0.3) is 0 Å². The summed E-state index contributed by atoms with van der Waals surface area (Å²) in [5.74, 6) is 0. The molecule has 1 heterocycles. The molecule has 1 saturated heterocycles. The standard InChI is InChI=1S/C12H17NS.ClH/c14-12-7-4-8-13(10-12)9-11-5-2-1-3-6-11;/h1-3,5-6,12,14H,4,7-10H2;1H. The molecule has 0 aliphatic carbocycles. The normalized spacial score (nSPS) is 22.1. The van der Waals surface area contributed by atoms with Crippen LogP contribution in [0.15, 0.2) is 30.3 Å². The van der Waals surface area contributed by atoms with Crippen LogP contribution >= 0.6 is 25.0 Å². The molecule has 0 aromatic heterocycles. The average molecular weight is 244 g/mol. The lowest BCUT2D eigenvalue weighted by Gasteiger charge is -2.30. The highest BCUT2D eigenvalue weighted by atomic mass is 35.5. The van der Waals surface area contributed by atoms with Crippen molar-refractivity contribution in [2.75, 3.05) is 13.1 Å². The summed E-state index contributed by atoms with van der Waals surface area (Å²) in [7, 11) is 0. The molecule has 0 amide bonds. The van der Waals surface area contributed by atoms with Crippen LogP contribution in [0.1, 0.15) is 18.4 Å². The first-order valence-corrected chi connectivity index (χ1v) is 5.80. The molecule has 0 spiro atoms.